The Morgan fingerprint density at radius 3 is 2.39 bits per heavy atom. The lowest BCUT2D eigenvalue weighted by Gasteiger charge is -2.62. The maximum Gasteiger partial charge on any atom is 0.481 e. The third kappa shape index (κ3) is 13.7. The molecule has 4 saturated carbocycles. The summed E-state index contributed by atoms with van der Waals surface area (Å²) in [5, 5.41) is 49.1. The number of rotatable bonds is 23. The number of anilines is 1. The lowest BCUT2D eigenvalue weighted by atomic mass is 9.43. The highest BCUT2D eigenvalue weighted by atomic mass is 32.2. The summed E-state index contributed by atoms with van der Waals surface area (Å²) < 4.78 is 62.7. The van der Waals surface area contributed by atoms with Crippen molar-refractivity contribution in [1.29, 1.82) is 0 Å². The van der Waals surface area contributed by atoms with Crippen molar-refractivity contribution in [2.45, 2.75) is 148 Å². The van der Waals surface area contributed by atoms with E-state index in [0.717, 1.165) is 80.4 Å². The maximum atomic E-state index is 13.0. The van der Waals surface area contributed by atoms with E-state index in [0.29, 0.717) is 48.2 Å². The predicted molar refractivity (Wildman–Crippen MR) is 268 cm³/mol. The number of thioether (sulfide) groups is 1. The molecule has 2 aromatic heterocycles. The summed E-state index contributed by atoms with van der Waals surface area (Å²) in [5.74, 6) is 1.47. The van der Waals surface area contributed by atoms with E-state index in [2.05, 4.69) is 55.2 Å². The summed E-state index contributed by atoms with van der Waals surface area (Å²) in [6, 6.07) is 0. The van der Waals surface area contributed by atoms with Crippen LogP contribution in [0.4, 0.5) is 5.82 Å². The van der Waals surface area contributed by atoms with Crippen LogP contribution >= 0.6 is 35.2 Å². The van der Waals surface area contributed by atoms with E-state index in [-0.39, 0.29) is 64.5 Å². The van der Waals surface area contributed by atoms with Gasteiger partial charge in [-0.05, 0) is 104 Å². The standard InChI is InChI=1S/C45H74N7O19P3S/c1-24(28-9-10-29-27-8-7-25-18-26(53)12-14-44(25,4)30(27)19-32(54)45(28,29)5)6-11-34(56)75-17-16-47-33(55)13-15-48-41(59)38(58)43(2,3)21-68-74(65,66)71-73(63,64)67-20-31-37(70-72(60,61)62)36(57)42(69-31)52-23-51-35-39(46)49-22-50-40(35)52/h22-32,36-38,42,53-54,57-58H,6-21H2,1-5H3,(H,47,55)(H,48,59)(H,63,64)(H,65,66)(H2,46,49,50)(H2,60,61,62)/t24-,25-,26-,27+,28-,29+,30+,31-,32?,36-,37-,38+,42-,44+,45?/m1/s1. The quantitative estimate of drug-likeness (QED) is 0.0562. The minimum atomic E-state index is -5.60. The fourth-order valence-electron chi connectivity index (χ4n) is 13.1. The Kier molecular flexibility index (Phi) is 19.0. The van der Waals surface area contributed by atoms with Gasteiger partial charge in [0, 0.05) is 37.1 Å². The maximum absolute atomic E-state index is 13.0. The number of fused-ring (bicyclic) bond motifs is 6. The van der Waals surface area contributed by atoms with Crippen LogP contribution in [-0.2, 0) is 50.7 Å². The number of aromatic nitrogens is 4. The van der Waals surface area contributed by atoms with Gasteiger partial charge < -0.3 is 61.1 Å². The van der Waals surface area contributed by atoms with Gasteiger partial charge in [0.25, 0.3) is 0 Å². The molecule has 1 saturated heterocycles. The number of nitrogens with one attached hydrogen (secondary N) is 2. The van der Waals surface area contributed by atoms with Gasteiger partial charge in [0.05, 0.1) is 31.7 Å². The predicted octanol–water partition coefficient (Wildman–Crippen LogP) is 3.07. The first kappa shape index (κ1) is 60.1. The molecule has 75 heavy (non-hydrogen) atoms. The zero-order valence-electron chi connectivity index (χ0n) is 42.7. The number of nitrogens with zero attached hydrogens (tertiary/aromatic N) is 4. The van der Waals surface area contributed by atoms with E-state index in [4.69, 9.17) is 19.5 Å². The number of hydrogen-bond acceptors (Lipinski definition) is 20. The number of ether oxygens (including phenoxy) is 1. The highest BCUT2D eigenvalue weighted by molar-refractivity contribution is 8.13. The topological polar surface area (TPSA) is 404 Å². The molecule has 17 atom stereocenters. The molecule has 5 fully saturated rings. The number of amides is 2. The number of nitrogens with two attached hydrogens (primary N) is 1. The van der Waals surface area contributed by atoms with Crippen molar-refractivity contribution < 1.29 is 90.7 Å². The first-order valence-electron chi connectivity index (χ1n) is 25.4. The second-order valence-electron chi connectivity index (χ2n) is 22.2. The summed E-state index contributed by atoms with van der Waals surface area (Å²) in [6.45, 7) is 7.38. The molecule has 26 nitrogen and oxygen atoms in total. The zero-order valence-corrected chi connectivity index (χ0v) is 46.2. The van der Waals surface area contributed by atoms with Gasteiger partial charge in [0.1, 0.15) is 36.3 Å². The smallest absolute Gasteiger partial charge is 0.393 e. The molecular formula is C45H74N7O19P3S. The Balaban J connectivity index is 0.780. The molecule has 0 radical (unpaired) electrons. The molecule has 1 aliphatic heterocycles. The average molecular weight is 1140 g/mol. The molecule has 424 valence electrons. The van der Waals surface area contributed by atoms with Crippen LogP contribution in [0.25, 0.3) is 11.2 Å². The Morgan fingerprint density at radius 2 is 1.67 bits per heavy atom. The van der Waals surface area contributed by atoms with Gasteiger partial charge in [0.2, 0.25) is 11.8 Å². The van der Waals surface area contributed by atoms with Crippen molar-refractivity contribution in [2.24, 2.45) is 51.8 Å². The first-order chi connectivity index (χ1) is 35.0. The van der Waals surface area contributed by atoms with E-state index < -0.39 is 90.7 Å². The average Bonchev–Trinajstić information content (AvgIpc) is 4.01. The molecule has 2 aromatic rings. The van der Waals surface area contributed by atoms with Crippen LogP contribution in [0.15, 0.2) is 12.7 Å². The van der Waals surface area contributed by atoms with Crippen LogP contribution in [0, 0.1) is 51.8 Å². The minimum Gasteiger partial charge on any atom is -0.393 e. The fraction of sp³-hybridized carbons (Fsp3) is 0.822. The lowest BCUT2D eigenvalue weighted by molar-refractivity contribution is -0.174. The fourth-order valence-corrected chi connectivity index (χ4v) is 16.6. The van der Waals surface area contributed by atoms with Crippen molar-refractivity contribution in [2.75, 3.05) is 37.8 Å². The number of aliphatic hydroxyl groups is 4. The van der Waals surface area contributed by atoms with E-state index in [1.165, 1.54) is 13.8 Å². The minimum absolute atomic E-state index is 0.0164. The van der Waals surface area contributed by atoms with Crippen molar-refractivity contribution >= 4 is 69.1 Å². The molecule has 30 heteroatoms. The third-order valence-electron chi connectivity index (χ3n) is 17.1. The van der Waals surface area contributed by atoms with Gasteiger partial charge in [-0.3, -0.25) is 32.5 Å². The van der Waals surface area contributed by atoms with Crippen LogP contribution in [0.3, 0.4) is 0 Å². The highest BCUT2D eigenvalue weighted by Crippen LogP contribution is 2.68. The number of imidazole rings is 1. The molecule has 2 amide bonds. The normalized spacial score (nSPS) is 34.3. The Morgan fingerprint density at radius 1 is 0.947 bits per heavy atom. The SMILES string of the molecule is C[C@H](CCC(=O)SCCNC(=O)CCNC(=O)[C@H](O)C(C)(C)COP(=O)(O)OP(=O)(O)OC[C@H]1O[C@@H](n2cnc3c(N)ncnc32)[C@H](O)[C@@H]1OP(=O)(O)O)[C@H]1CC[C@H]2[C@@H]3CC[C@@H]4C[C@H](O)CC[C@]4(C)[C@H]3CC(O)C12C. The van der Waals surface area contributed by atoms with Gasteiger partial charge in [-0.2, -0.15) is 4.31 Å². The van der Waals surface area contributed by atoms with Crippen LogP contribution in [0.1, 0.15) is 111 Å². The number of carbonyl (C=O) groups excluding carboxylic acids is 3. The van der Waals surface area contributed by atoms with E-state index >= 15 is 0 Å². The zero-order chi connectivity index (χ0) is 55.1. The highest BCUT2D eigenvalue weighted by Gasteiger charge is 2.64. The van der Waals surface area contributed by atoms with Gasteiger partial charge in [-0.25, -0.2) is 28.6 Å². The van der Waals surface area contributed by atoms with Gasteiger partial charge in [-0.15, -0.1) is 0 Å². The molecule has 0 bridgehead atoms. The van der Waals surface area contributed by atoms with Crippen LogP contribution in [-0.4, -0.2) is 145 Å². The van der Waals surface area contributed by atoms with Gasteiger partial charge >= 0.3 is 23.5 Å². The summed E-state index contributed by atoms with van der Waals surface area (Å²) >= 11 is 1.14. The number of hydrogen-bond donors (Lipinski definition) is 11. The molecule has 12 N–H and O–H groups in total. The van der Waals surface area contributed by atoms with Crippen molar-refractivity contribution in [3.05, 3.63) is 12.7 Å². The largest absolute Gasteiger partial charge is 0.481 e. The Labute approximate surface area is 438 Å². The summed E-state index contributed by atoms with van der Waals surface area (Å²) in [5.41, 5.74) is 4.24. The van der Waals surface area contributed by atoms with E-state index in [1.807, 2.05) is 0 Å². The lowest BCUT2D eigenvalue weighted by Crippen LogP contribution is -2.58. The molecule has 5 aliphatic rings. The Bertz CT molecular complexity index is 2530. The van der Waals surface area contributed by atoms with Crippen molar-refractivity contribution in [3.8, 4) is 0 Å². The van der Waals surface area contributed by atoms with Crippen LogP contribution in [0.2, 0.25) is 0 Å². The number of phosphoric ester groups is 3. The first-order valence-corrected chi connectivity index (χ1v) is 30.9. The molecule has 7 rings (SSSR count). The second kappa shape index (κ2) is 23.7. The summed E-state index contributed by atoms with van der Waals surface area (Å²) in [7, 11) is -16.5. The van der Waals surface area contributed by atoms with Gasteiger partial charge in [0.15, 0.2) is 22.8 Å². The number of nitrogen functional groups attached to an aromatic ring is 1. The molecule has 0 spiro atoms. The van der Waals surface area contributed by atoms with Crippen LogP contribution < -0.4 is 16.4 Å². The van der Waals surface area contributed by atoms with E-state index in [9.17, 15) is 68.1 Å². The molecule has 3 heterocycles. The monoisotopic (exact) mass is 1140 g/mol. The molecule has 4 aliphatic carbocycles. The van der Waals surface area contributed by atoms with Crippen LogP contribution in [0.5, 0.6) is 0 Å². The Hall–Kier alpha value is -2.52. The van der Waals surface area contributed by atoms with Gasteiger partial charge in [-0.1, -0.05) is 46.4 Å². The molecule has 4 unspecified atom stereocenters. The number of carbonyl (C=O) groups is 3. The third-order valence-corrected chi connectivity index (χ3v) is 21.1. The number of aliphatic hydroxyl groups excluding tert-OH is 4. The van der Waals surface area contributed by atoms with Crippen molar-refractivity contribution in [3.63, 3.8) is 0 Å². The molecular weight excluding hydrogens is 1070 g/mol. The van der Waals surface area contributed by atoms with Crippen molar-refractivity contribution in [1.82, 2.24) is 30.2 Å². The summed E-state index contributed by atoms with van der Waals surface area (Å²) in [4.78, 5) is 89.7. The number of phosphoric acid groups is 3. The summed E-state index contributed by atoms with van der Waals surface area (Å²) in [6.07, 6.45) is 1.50. The second-order valence-corrected chi connectivity index (χ2v) is 27.6. The molecule has 0 aromatic carbocycles. The van der Waals surface area contributed by atoms with E-state index in [1.54, 1.807) is 0 Å².